The third-order valence-electron chi connectivity index (χ3n) is 2.10. The summed E-state index contributed by atoms with van der Waals surface area (Å²) in [6, 6.07) is 15.9. The van der Waals surface area contributed by atoms with E-state index in [1.54, 1.807) is 0 Å². The fraction of sp³-hybridized carbons (Fsp3) is 0.0833. The number of H-pyrrole nitrogens is 1. The number of aromatic amines is 1. The summed E-state index contributed by atoms with van der Waals surface area (Å²) < 4.78 is 0. The van der Waals surface area contributed by atoms with Crippen LogP contribution < -0.4 is 17.4 Å². The maximum absolute atomic E-state index is 6.30. The lowest BCUT2D eigenvalue weighted by Crippen LogP contribution is -3.00. The largest absolute Gasteiger partial charge is 1.00 e. The minimum absolute atomic E-state index is 0. The van der Waals surface area contributed by atoms with Crippen LogP contribution in [-0.2, 0) is 0 Å². The van der Waals surface area contributed by atoms with Gasteiger partial charge in [0.25, 0.3) is 0 Å². The van der Waals surface area contributed by atoms with Crippen LogP contribution in [0, 0.1) is 0 Å². The van der Waals surface area contributed by atoms with Gasteiger partial charge < -0.3 is 12.4 Å². The summed E-state index contributed by atoms with van der Waals surface area (Å²) in [5.41, 5.74) is 2.12. The normalized spacial score (nSPS) is 11.5. The zero-order chi connectivity index (χ0) is 9.80. The molecule has 0 saturated heterocycles. The lowest BCUT2D eigenvalue weighted by Gasteiger charge is -2.03. The molecule has 1 nitrogen and oxygen atoms in total. The zero-order valence-corrected chi connectivity index (χ0v) is 9.54. The lowest BCUT2D eigenvalue weighted by atomic mass is 10.1. The van der Waals surface area contributed by atoms with Gasteiger partial charge in [-0.15, -0.1) is 11.6 Å². The van der Waals surface area contributed by atoms with E-state index >= 15 is 0 Å². The van der Waals surface area contributed by atoms with Crippen molar-refractivity contribution in [3.05, 3.63) is 66.0 Å². The van der Waals surface area contributed by atoms with E-state index in [0.29, 0.717) is 0 Å². The summed E-state index contributed by atoms with van der Waals surface area (Å²) in [6.07, 6.45) is 1.88. The fourth-order valence-electron chi connectivity index (χ4n) is 1.37. The number of alkyl halides is 1. The number of pyridine rings is 1. The minimum atomic E-state index is -0.0996. The van der Waals surface area contributed by atoms with Gasteiger partial charge in [-0.1, -0.05) is 36.4 Å². The molecule has 0 spiro atoms. The van der Waals surface area contributed by atoms with Gasteiger partial charge in [0.05, 0.1) is 0 Å². The van der Waals surface area contributed by atoms with Gasteiger partial charge in [0.1, 0.15) is 5.38 Å². The van der Waals surface area contributed by atoms with Crippen LogP contribution in [-0.4, -0.2) is 0 Å². The van der Waals surface area contributed by atoms with Gasteiger partial charge in [0, 0.05) is 12.1 Å². The summed E-state index contributed by atoms with van der Waals surface area (Å²) in [4.78, 5) is 3.13. The van der Waals surface area contributed by atoms with Gasteiger partial charge in [0.15, 0.2) is 6.20 Å². The van der Waals surface area contributed by atoms with Crippen LogP contribution in [0.25, 0.3) is 0 Å². The number of rotatable bonds is 2. The van der Waals surface area contributed by atoms with Crippen LogP contribution in [0.3, 0.4) is 0 Å². The van der Waals surface area contributed by atoms with Gasteiger partial charge in [-0.05, 0) is 5.56 Å². The molecule has 1 N–H and O–H groups in total. The molecule has 78 valence electrons. The van der Waals surface area contributed by atoms with Crippen LogP contribution in [0.5, 0.6) is 0 Å². The second kappa shape index (κ2) is 5.74. The molecule has 0 saturated carbocycles. The molecule has 2 aromatic rings. The summed E-state index contributed by atoms with van der Waals surface area (Å²) in [6.45, 7) is 0. The van der Waals surface area contributed by atoms with Crippen molar-refractivity contribution in [2.24, 2.45) is 0 Å². The molecule has 1 unspecified atom stereocenters. The first kappa shape index (κ1) is 12.0. The maximum Gasteiger partial charge on any atom is 0.202 e. The van der Waals surface area contributed by atoms with Crippen molar-refractivity contribution < 1.29 is 17.4 Å². The summed E-state index contributed by atoms with van der Waals surface area (Å²) in [7, 11) is 0. The van der Waals surface area contributed by atoms with E-state index in [2.05, 4.69) is 4.98 Å². The van der Waals surface area contributed by atoms with Crippen molar-refractivity contribution in [3.8, 4) is 0 Å². The Kier molecular flexibility index (Phi) is 4.60. The number of hydrogen-bond acceptors (Lipinski definition) is 0. The van der Waals surface area contributed by atoms with Crippen LogP contribution in [0.4, 0.5) is 0 Å². The van der Waals surface area contributed by atoms with Crippen molar-refractivity contribution in [1.82, 2.24) is 0 Å². The monoisotopic (exact) mass is 239 g/mol. The molecule has 15 heavy (non-hydrogen) atoms. The molecule has 1 heterocycles. The number of benzene rings is 1. The van der Waals surface area contributed by atoms with E-state index in [0.717, 1.165) is 11.3 Å². The standard InChI is InChI=1S/C12H10ClN.ClH/c13-12(10-6-2-1-3-7-10)11-8-4-5-9-14-11;/h1-9,12H;1H. The molecule has 0 aliphatic heterocycles. The predicted octanol–water partition coefficient (Wildman–Crippen LogP) is -0.167. The van der Waals surface area contributed by atoms with Crippen LogP contribution in [0.2, 0.25) is 0 Å². The molecule has 3 heteroatoms. The average molecular weight is 240 g/mol. The molecule has 0 amide bonds. The topological polar surface area (TPSA) is 14.1 Å². The summed E-state index contributed by atoms with van der Waals surface area (Å²) >= 11 is 6.30. The zero-order valence-electron chi connectivity index (χ0n) is 8.03. The maximum atomic E-state index is 6.30. The van der Waals surface area contributed by atoms with E-state index in [-0.39, 0.29) is 17.8 Å². The molecule has 0 aliphatic carbocycles. The van der Waals surface area contributed by atoms with Crippen molar-refractivity contribution in [1.29, 1.82) is 0 Å². The van der Waals surface area contributed by atoms with Crippen molar-refractivity contribution in [2.75, 3.05) is 0 Å². The Hall–Kier alpha value is -1.05. The predicted molar refractivity (Wildman–Crippen MR) is 57.1 cm³/mol. The molecule has 0 aliphatic rings. The molecular weight excluding hydrogens is 229 g/mol. The Morgan fingerprint density at radius 3 is 2.20 bits per heavy atom. The van der Waals surface area contributed by atoms with E-state index in [4.69, 9.17) is 11.6 Å². The molecule has 0 radical (unpaired) electrons. The molecule has 0 bridgehead atoms. The first-order valence-electron chi connectivity index (χ1n) is 4.53. The summed E-state index contributed by atoms with van der Waals surface area (Å²) in [5.74, 6) is 0. The van der Waals surface area contributed by atoms with E-state index in [1.807, 2.05) is 54.7 Å². The highest BCUT2D eigenvalue weighted by molar-refractivity contribution is 6.22. The summed E-state index contributed by atoms with van der Waals surface area (Å²) in [5, 5.41) is -0.0996. The molecule has 1 aromatic heterocycles. The van der Waals surface area contributed by atoms with Gasteiger partial charge in [-0.3, -0.25) is 0 Å². The SMILES string of the molecule is ClC(c1ccccc1)c1cccc[nH+]1.[Cl-]. The van der Waals surface area contributed by atoms with Crippen molar-refractivity contribution in [2.45, 2.75) is 5.38 Å². The second-order valence-electron chi connectivity index (χ2n) is 3.09. The highest BCUT2D eigenvalue weighted by Gasteiger charge is 2.15. The lowest BCUT2D eigenvalue weighted by molar-refractivity contribution is -0.389. The van der Waals surface area contributed by atoms with Crippen LogP contribution in [0.15, 0.2) is 54.7 Å². The average Bonchev–Trinajstić information content (AvgIpc) is 2.30. The Balaban J connectivity index is 0.00000112. The van der Waals surface area contributed by atoms with Gasteiger partial charge in [-0.2, -0.15) is 0 Å². The smallest absolute Gasteiger partial charge is 0.202 e. The Bertz CT molecular complexity index is 349. The first-order valence-corrected chi connectivity index (χ1v) is 4.97. The van der Waals surface area contributed by atoms with Gasteiger partial charge in [-0.25, -0.2) is 4.98 Å². The molecule has 0 fully saturated rings. The van der Waals surface area contributed by atoms with Crippen LogP contribution >= 0.6 is 11.6 Å². The Morgan fingerprint density at radius 1 is 0.933 bits per heavy atom. The molecule has 1 aromatic carbocycles. The third-order valence-corrected chi connectivity index (χ3v) is 2.59. The Labute approximate surface area is 101 Å². The Morgan fingerprint density at radius 2 is 1.60 bits per heavy atom. The number of nitrogens with one attached hydrogen (secondary N) is 1. The van der Waals surface area contributed by atoms with Crippen molar-refractivity contribution >= 4 is 11.6 Å². The van der Waals surface area contributed by atoms with E-state index < -0.39 is 0 Å². The quantitative estimate of drug-likeness (QED) is 0.647. The number of halogens is 2. The van der Waals surface area contributed by atoms with E-state index in [9.17, 15) is 0 Å². The molecule has 2 rings (SSSR count). The molecule has 1 atom stereocenters. The van der Waals surface area contributed by atoms with Crippen LogP contribution in [0.1, 0.15) is 16.6 Å². The van der Waals surface area contributed by atoms with E-state index in [1.165, 1.54) is 0 Å². The second-order valence-corrected chi connectivity index (χ2v) is 3.53. The first-order chi connectivity index (χ1) is 6.88. The minimum Gasteiger partial charge on any atom is -1.00 e. The third kappa shape index (κ3) is 2.95. The molecular formula is C12H11Cl2N. The highest BCUT2D eigenvalue weighted by Crippen LogP contribution is 2.24. The number of aromatic nitrogens is 1. The number of hydrogen-bond donors (Lipinski definition) is 0. The highest BCUT2D eigenvalue weighted by atomic mass is 35.5. The van der Waals surface area contributed by atoms with Gasteiger partial charge in [0.2, 0.25) is 5.69 Å². The van der Waals surface area contributed by atoms with Gasteiger partial charge >= 0.3 is 0 Å². The van der Waals surface area contributed by atoms with Crippen molar-refractivity contribution in [3.63, 3.8) is 0 Å². The fourth-order valence-corrected chi connectivity index (χ4v) is 1.65.